The lowest BCUT2D eigenvalue weighted by atomic mass is 10.4. The van der Waals surface area contributed by atoms with Crippen LogP contribution in [-0.4, -0.2) is 16.2 Å². The van der Waals surface area contributed by atoms with E-state index in [4.69, 9.17) is 9.63 Å². The predicted molar refractivity (Wildman–Crippen MR) is 44.9 cm³/mol. The SMILES string of the molecule is Cc1cc(CN/C=C/C(=O)O)on1. The van der Waals surface area contributed by atoms with Crippen LogP contribution in [0.5, 0.6) is 0 Å². The Bertz CT molecular complexity index is 317. The van der Waals surface area contributed by atoms with E-state index in [9.17, 15) is 4.79 Å². The van der Waals surface area contributed by atoms with E-state index in [0.29, 0.717) is 12.3 Å². The molecule has 0 aromatic carbocycles. The molecule has 0 unspecified atom stereocenters. The molecular weight excluding hydrogens is 172 g/mol. The summed E-state index contributed by atoms with van der Waals surface area (Å²) >= 11 is 0. The number of hydrogen-bond acceptors (Lipinski definition) is 4. The second-order valence-electron chi connectivity index (χ2n) is 2.49. The van der Waals surface area contributed by atoms with Gasteiger partial charge in [0.05, 0.1) is 12.2 Å². The summed E-state index contributed by atoms with van der Waals surface area (Å²) in [6, 6.07) is 1.78. The Balaban J connectivity index is 2.31. The van der Waals surface area contributed by atoms with Crippen molar-refractivity contribution < 1.29 is 14.4 Å². The first-order valence-electron chi connectivity index (χ1n) is 3.73. The molecule has 5 nitrogen and oxygen atoms in total. The first-order chi connectivity index (χ1) is 6.18. The molecule has 13 heavy (non-hydrogen) atoms. The Morgan fingerprint density at radius 2 is 2.62 bits per heavy atom. The van der Waals surface area contributed by atoms with Crippen LogP contribution in [0.4, 0.5) is 0 Å². The average Bonchev–Trinajstić information content (AvgIpc) is 2.45. The molecule has 0 aliphatic carbocycles. The Morgan fingerprint density at radius 3 is 3.15 bits per heavy atom. The van der Waals surface area contributed by atoms with Crippen LogP contribution in [0, 0.1) is 6.92 Å². The molecule has 0 aliphatic rings. The Hall–Kier alpha value is -1.78. The highest BCUT2D eigenvalue weighted by Crippen LogP contribution is 2.00. The van der Waals surface area contributed by atoms with Gasteiger partial charge in [-0.05, 0) is 6.92 Å². The third-order valence-corrected chi connectivity index (χ3v) is 1.30. The highest BCUT2D eigenvalue weighted by molar-refractivity contribution is 5.79. The van der Waals surface area contributed by atoms with Crippen LogP contribution in [0.1, 0.15) is 11.5 Å². The Morgan fingerprint density at radius 1 is 1.85 bits per heavy atom. The summed E-state index contributed by atoms with van der Waals surface area (Å²) in [5.74, 6) is -0.311. The molecule has 0 radical (unpaired) electrons. The molecule has 5 heteroatoms. The largest absolute Gasteiger partial charge is 0.478 e. The summed E-state index contributed by atoms with van der Waals surface area (Å²) in [6.45, 7) is 2.25. The van der Waals surface area contributed by atoms with Crippen LogP contribution in [-0.2, 0) is 11.3 Å². The number of aryl methyl sites for hydroxylation is 1. The number of nitrogens with zero attached hydrogens (tertiary/aromatic N) is 1. The zero-order chi connectivity index (χ0) is 9.68. The summed E-state index contributed by atoms with van der Waals surface area (Å²) in [4.78, 5) is 10.1. The van der Waals surface area contributed by atoms with E-state index in [2.05, 4.69) is 10.5 Å². The Kier molecular flexibility index (Phi) is 3.08. The van der Waals surface area contributed by atoms with Gasteiger partial charge >= 0.3 is 5.97 Å². The maximum Gasteiger partial charge on any atom is 0.329 e. The molecule has 0 amide bonds. The number of aromatic nitrogens is 1. The molecule has 0 aliphatic heterocycles. The molecule has 0 spiro atoms. The van der Waals surface area contributed by atoms with Crippen LogP contribution < -0.4 is 5.32 Å². The first-order valence-corrected chi connectivity index (χ1v) is 3.73. The minimum atomic E-state index is -0.985. The van der Waals surface area contributed by atoms with Crippen molar-refractivity contribution in [2.45, 2.75) is 13.5 Å². The fraction of sp³-hybridized carbons (Fsp3) is 0.250. The summed E-state index contributed by atoms with van der Waals surface area (Å²) < 4.78 is 4.88. The van der Waals surface area contributed by atoms with Crippen molar-refractivity contribution in [3.8, 4) is 0 Å². The standard InChI is InChI=1S/C8H10N2O3/c1-6-4-7(13-10-6)5-9-3-2-8(11)12/h2-4,9H,5H2,1H3,(H,11,12)/b3-2+. The summed E-state index contributed by atoms with van der Waals surface area (Å²) in [6.07, 6.45) is 2.36. The molecule has 1 rings (SSSR count). The van der Waals surface area contributed by atoms with E-state index >= 15 is 0 Å². The van der Waals surface area contributed by atoms with Crippen molar-refractivity contribution in [2.24, 2.45) is 0 Å². The number of carbonyl (C=O) groups is 1. The van der Waals surface area contributed by atoms with Gasteiger partial charge in [0.25, 0.3) is 0 Å². The fourth-order valence-corrected chi connectivity index (χ4v) is 0.789. The molecule has 0 atom stereocenters. The van der Waals surface area contributed by atoms with E-state index in [0.717, 1.165) is 11.8 Å². The predicted octanol–water partition coefficient (Wildman–Crippen LogP) is 0.671. The van der Waals surface area contributed by atoms with Crippen LogP contribution in [0.25, 0.3) is 0 Å². The van der Waals surface area contributed by atoms with Crippen LogP contribution >= 0.6 is 0 Å². The van der Waals surface area contributed by atoms with Crippen LogP contribution in [0.3, 0.4) is 0 Å². The van der Waals surface area contributed by atoms with Crippen molar-refractivity contribution in [1.82, 2.24) is 10.5 Å². The van der Waals surface area contributed by atoms with Gasteiger partial charge in [0.15, 0.2) is 5.76 Å². The monoisotopic (exact) mass is 182 g/mol. The highest BCUT2D eigenvalue weighted by atomic mass is 16.5. The zero-order valence-electron chi connectivity index (χ0n) is 7.15. The van der Waals surface area contributed by atoms with Gasteiger partial charge in [0, 0.05) is 18.3 Å². The lowest BCUT2D eigenvalue weighted by molar-refractivity contribution is -0.131. The van der Waals surface area contributed by atoms with E-state index in [1.165, 1.54) is 6.20 Å². The van der Waals surface area contributed by atoms with Crippen molar-refractivity contribution >= 4 is 5.97 Å². The average molecular weight is 182 g/mol. The number of carboxylic acid groups (broad SMARTS) is 1. The molecule has 2 N–H and O–H groups in total. The summed E-state index contributed by atoms with van der Waals surface area (Å²) in [5, 5.41) is 14.7. The Labute approximate surface area is 75.0 Å². The van der Waals surface area contributed by atoms with Gasteiger partial charge in [-0.3, -0.25) is 0 Å². The first kappa shape index (κ1) is 9.31. The molecule has 0 fully saturated rings. The third-order valence-electron chi connectivity index (χ3n) is 1.30. The quantitative estimate of drug-likeness (QED) is 0.669. The van der Waals surface area contributed by atoms with Gasteiger partial charge in [0.2, 0.25) is 0 Å². The number of nitrogens with one attached hydrogen (secondary N) is 1. The van der Waals surface area contributed by atoms with Gasteiger partial charge in [-0.2, -0.15) is 0 Å². The molecule has 1 aromatic heterocycles. The lowest BCUT2D eigenvalue weighted by Crippen LogP contribution is -2.04. The maximum atomic E-state index is 10.1. The van der Waals surface area contributed by atoms with Gasteiger partial charge in [-0.1, -0.05) is 5.16 Å². The van der Waals surface area contributed by atoms with Gasteiger partial charge in [-0.25, -0.2) is 4.79 Å². The lowest BCUT2D eigenvalue weighted by Gasteiger charge is -1.92. The zero-order valence-corrected chi connectivity index (χ0v) is 7.15. The minimum absolute atomic E-state index is 0.435. The van der Waals surface area contributed by atoms with Crippen molar-refractivity contribution in [3.05, 3.63) is 29.8 Å². The number of aliphatic carboxylic acids is 1. The number of rotatable bonds is 4. The number of hydrogen-bond donors (Lipinski definition) is 2. The molecule has 0 bridgehead atoms. The van der Waals surface area contributed by atoms with Crippen molar-refractivity contribution in [1.29, 1.82) is 0 Å². The van der Waals surface area contributed by atoms with Crippen molar-refractivity contribution in [2.75, 3.05) is 0 Å². The molecule has 1 aromatic rings. The molecule has 1 heterocycles. The smallest absolute Gasteiger partial charge is 0.329 e. The van der Waals surface area contributed by atoms with E-state index < -0.39 is 5.97 Å². The fourth-order valence-electron chi connectivity index (χ4n) is 0.789. The van der Waals surface area contributed by atoms with E-state index in [-0.39, 0.29) is 0 Å². The maximum absolute atomic E-state index is 10.1. The van der Waals surface area contributed by atoms with Crippen LogP contribution in [0.15, 0.2) is 22.9 Å². The normalized spacial score (nSPS) is 10.5. The molecular formula is C8H10N2O3. The van der Waals surface area contributed by atoms with Crippen molar-refractivity contribution in [3.63, 3.8) is 0 Å². The minimum Gasteiger partial charge on any atom is -0.478 e. The van der Waals surface area contributed by atoms with Gasteiger partial charge in [0.1, 0.15) is 0 Å². The topological polar surface area (TPSA) is 75.4 Å². The van der Waals surface area contributed by atoms with E-state index in [1.54, 1.807) is 6.07 Å². The molecule has 70 valence electrons. The summed E-state index contributed by atoms with van der Waals surface area (Å²) in [5.41, 5.74) is 0.805. The molecule has 0 saturated heterocycles. The van der Waals surface area contributed by atoms with Gasteiger partial charge in [-0.15, -0.1) is 0 Å². The van der Waals surface area contributed by atoms with Crippen LogP contribution in [0.2, 0.25) is 0 Å². The molecule has 0 saturated carbocycles. The van der Waals surface area contributed by atoms with E-state index in [1.807, 2.05) is 6.92 Å². The number of carboxylic acids is 1. The highest BCUT2D eigenvalue weighted by Gasteiger charge is 1.97. The second kappa shape index (κ2) is 4.30. The van der Waals surface area contributed by atoms with Gasteiger partial charge < -0.3 is 14.9 Å². The third kappa shape index (κ3) is 3.42. The second-order valence-corrected chi connectivity index (χ2v) is 2.49. The summed E-state index contributed by atoms with van der Waals surface area (Å²) in [7, 11) is 0.